The third kappa shape index (κ3) is 12.9. The molecule has 0 unspecified atom stereocenters. The smallest absolute Gasteiger partial charge is 0.303 e. The first-order chi connectivity index (χ1) is 7.27. The Bertz CT molecular complexity index is 171. The molecule has 0 aromatic carbocycles. The number of hydrogen-bond acceptors (Lipinski definition) is 2. The molecule has 0 aliphatic rings. The Morgan fingerprint density at radius 3 is 2.07 bits per heavy atom. The molecule has 4 heteroatoms. The van der Waals surface area contributed by atoms with Crippen LogP contribution in [-0.4, -0.2) is 24.0 Å². The van der Waals surface area contributed by atoms with E-state index in [1.165, 1.54) is 12.8 Å². The van der Waals surface area contributed by atoms with E-state index in [0.29, 0.717) is 6.42 Å². The van der Waals surface area contributed by atoms with Crippen molar-refractivity contribution < 1.29 is 14.7 Å². The van der Waals surface area contributed by atoms with Crippen molar-refractivity contribution in [2.75, 3.05) is 6.54 Å². The molecule has 0 fully saturated rings. The molecule has 0 heterocycles. The predicted octanol–water partition coefficient (Wildman–Crippen LogP) is 1.94. The van der Waals surface area contributed by atoms with E-state index in [0.717, 1.165) is 45.1 Å². The van der Waals surface area contributed by atoms with E-state index in [-0.39, 0.29) is 0 Å². The fraction of sp³-hybridized carbons (Fsp3) is 0.818. The van der Waals surface area contributed by atoms with Crippen molar-refractivity contribution in [3.8, 4) is 0 Å². The van der Waals surface area contributed by atoms with Crippen LogP contribution in [0.2, 0.25) is 0 Å². The lowest BCUT2D eigenvalue weighted by molar-refractivity contribution is -0.137. The van der Waals surface area contributed by atoms with Crippen LogP contribution >= 0.6 is 0 Å². The first-order valence-corrected chi connectivity index (χ1v) is 5.66. The molecule has 0 saturated carbocycles. The maximum absolute atomic E-state index is 10.2. The highest BCUT2D eigenvalue weighted by Gasteiger charge is 1.96. The molecule has 0 aliphatic carbocycles. The Labute approximate surface area is 91.1 Å². The summed E-state index contributed by atoms with van der Waals surface area (Å²) in [4.78, 5) is 20.1. The Hall–Kier alpha value is -1.06. The van der Waals surface area contributed by atoms with Gasteiger partial charge in [0.15, 0.2) is 0 Å². The largest absolute Gasteiger partial charge is 0.481 e. The zero-order valence-corrected chi connectivity index (χ0v) is 9.21. The van der Waals surface area contributed by atoms with Gasteiger partial charge in [-0.15, -0.1) is 0 Å². The van der Waals surface area contributed by atoms with Crippen molar-refractivity contribution in [2.45, 2.75) is 51.4 Å². The number of aliphatic carboxylic acids is 1. The van der Waals surface area contributed by atoms with Crippen LogP contribution in [0.1, 0.15) is 51.4 Å². The van der Waals surface area contributed by atoms with E-state index in [1.807, 2.05) is 0 Å². The summed E-state index contributed by atoms with van der Waals surface area (Å²) in [5.41, 5.74) is 0. The number of unbranched alkanes of at least 4 members (excludes halogenated alkanes) is 6. The first-order valence-electron chi connectivity index (χ1n) is 5.66. The predicted molar refractivity (Wildman–Crippen MR) is 58.6 cm³/mol. The zero-order valence-electron chi connectivity index (χ0n) is 9.21. The van der Waals surface area contributed by atoms with Gasteiger partial charge in [0.1, 0.15) is 0 Å². The highest BCUT2D eigenvalue weighted by atomic mass is 16.4. The van der Waals surface area contributed by atoms with Gasteiger partial charge in [-0.2, -0.15) is 0 Å². The lowest BCUT2D eigenvalue weighted by atomic mass is 10.1. The van der Waals surface area contributed by atoms with Crippen LogP contribution in [0.3, 0.4) is 0 Å². The third-order valence-electron chi connectivity index (χ3n) is 2.30. The topological polar surface area (TPSA) is 66.4 Å². The lowest BCUT2D eigenvalue weighted by Gasteiger charge is -2.01. The average molecular weight is 215 g/mol. The number of rotatable bonds is 11. The van der Waals surface area contributed by atoms with Crippen LogP contribution in [0.15, 0.2) is 0 Å². The normalized spacial score (nSPS) is 9.87. The molecule has 0 saturated heterocycles. The second-order valence-electron chi connectivity index (χ2n) is 3.69. The average Bonchev–Trinajstić information content (AvgIpc) is 2.20. The molecule has 88 valence electrons. The highest BCUT2D eigenvalue weighted by molar-refractivity contribution is 5.66. The standard InChI is InChI=1S/C11H21NO3/c13-10-12-9-7-5-3-1-2-4-6-8-11(14)15/h10H,1-9H2,(H,12,13)(H,14,15). The van der Waals surface area contributed by atoms with Gasteiger partial charge in [-0.1, -0.05) is 32.1 Å². The second kappa shape index (κ2) is 11.0. The van der Waals surface area contributed by atoms with Gasteiger partial charge in [0, 0.05) is 13.0 Å². The zero-order chi connectivity index (χ0) is 11.4. The number of carbonyl (C=O) groups excluding carboxylic acids is 1. The van der Waals surface area contributed by atoms with E-state index in [9.17, 15) is 9.59 Å². The maximum atomic E-state index is 10.2. The summed E-state index contributed by atoms with van der Waals surface area (Å²) in [5, 5.41) is 11.0. The molecule has 0 aromatic heterocycles. The van der Waals surface area contributed by atoms with Crippen molar-refractivity contribution in [1.82, 2.24) is 5.32 Å². The van der Waals surface area contributed by atoms with E-state index in [2.05, 4.69) is 5.32 Å². The molecule has 15 heavy (non-hydrogen) atoms. The number of carbonyl (C=O) groups is 2. The van der Waals surface area contributed by atoms with Gasteiger partial charge in [-0.3, -0.25) is 9.59 Å². The SMILES string of the molecule is O=CNCCCCCCCCCC(=O)O. The quantitative estimate of drug-likeness (QED) is 0.409. The van der Waals surface area contributed by atoms with Gasteiger partial charge in [-0.25, -0.2) is 0 Å². The van der Waals surface area contributed by atoms with Gasteiger partial charge in [0.2, 0.25) is 6.41 Å². The van der Waals surface area contributed by atoms with Crippen LogP contribution in [0.4, 0.5) is 0 Å². The van der Waals surface area contributed by atoms with E-state index >= 15 is 0 Å². The summed E-state index contributed by atoms with van der Waals surface area (Å²) < 4.78 is 0. The van der Waals surface area contributed by atoms with Gasteiger partial charge >= 0.3 is 5.97 Å². The van der Waals surface area contributed by atoms with Gasteiger partial charge in [-0.05, 0) is 12.8 Å². The van der Waals surface area contributed by atoms with Gasteiger partial charge in [0.25, 0.3) is 0 Å². The number of carboxylic acids is 1. The fourth-order valence-corrected chi connectivity index (χ4v) is 1.45. The molecule has 4 nitrogen and oxygen atoms in total. The molecule has 0 aliphatic heterocycles. The van der Waals surface area contributed by atoms with Crippen molar-refractivity contribution in [3.05, 3.63) is 0 Å². The molecular weight excluding hydrogens is 194 g/mol. The van der Waals surface area contributed by atoms with Crippen molar-refractivity contribution in [3.63, 3.8) is 0 Å². The Balaban J connectivity index is 2.92. The summed E-state index contributed by atoms with van der Waals surface area (Å²) in [7, 11) is 0. The Kier molecular flexibility index (Phi) is 10.2. The maximum Gasteiger partial charge on any atom is 0.303 e. The Morgan fingerprint density at radius 1 is 1.00 bits per heavy atom. The summed E-state index contributed by atoms with van der Waals surface area (Å²) in [6.45, 7) is 0.766. The van der Waals surface area contributed by atoms with Crippen LogP contribution in [-0.2, 0) is 9.59 Å². The molecule has 0 aromatic rings. The van der Waals surface area contributed by atoms with Crippen LogP contribution in [0.5, 0.6) is 0 Å². The monoisotopic (exact) mass is 215 g/mol. The van der Waals surface area contributed by atoms with Crippen LogP contribution in [0, 0.1) is 0 Å². The number of carboxylic acid groups (broad SMARTS) is 1. The molecule has 0 spiro atoms. The fourth-order valence-electron chi connectivity index (χ4n) is 1.45. The molecule has 0 atom stereocenters. The Morgan fingerprint density at radius 2 is 1.53 bits per heavy atom. The molecule has 0 bridgehead atoms. The first kappa shape index (κ1) is 13.9. The third-order valence-corrected chi connectivity index (χ3v) is 2.30. The summed E-state index contributed by atoms with van der Waals surface area (Å²) in [5.74, 6) is -0.699. The van der Waals surface area contributed by atoms with E-state index < -0.39 is 5.97 Å². The van der Waals surface area contributed by atoms with E-state index in [1.54, 1.807) is 0 Å². The van der Waals surface area contributed by atoms with Gasteiger partial charge in [0.05, 0.1) is 0 Å². The van der Waals surface area contributed by atoms with Crippen molar-refractivity contribution in [2.24, 2.45) is 0 Å². The summed E-state index contributed by atoms with van der Waals surface area (Å²) in [6, 6.07) is 0. The summed E-state index contributed by atoms with van der Waals surface area (Å²) >= 11 is 0. The summed E-state index contributed by atoms with van der Waals surface area (Å²) in [6.07, 6.45) is 8.46. The number of nitrogens with one attached hydrogen (secondary N) is 1. The minimum absolute atomic E-state index is 0.295. The van der Waals surface area contributed by atoms with Crippen LogP contribution in [0.25, 0.3) is 0 Å². The van der Waals surface area contributed by atoms with E-state index in [4.69, 9.17) is 5.11 Å². The van der Waals surface area contributed by atoms with Gasteiger partial charge < -0.3 is 10.4 Å². The minimum atomic E-state index is -0.699. The van der Waals surface area contributed by atoms with Crippen molar-refractivity contribution in [1.29, 1.82) is 0 Å². The number of amides is 1. The van der Waals surface area contributed by atoms with Crippen molar-refractivity contribution >= 4 is 12.4 Å². The molecular formula is C11H21NO3. The molecule has 0 radical (unpaired) electrons. The second-order valence-corrected chi connectivity index (χ2v) is 3.69. The number of hydrogen-bond donors (Lipinski definition) is 2. The molecule has 0 rings (SSSR count). The highest BCUT2D eigenvalue weighted by Crippen LogP contribution is 2.08. The lowest BCUT2D eigenvalue weighted by Crippen LogP contribution is -2.11. The van der Waals surface area contributed by atoms with Crippen LogP contribution < -0.4 is 5.32 Å². The molecule has 1 amide bonds. The minimum Gasteiger partial charge on any atom is -0.481 e. The molecule has 2 N–H and O–H groups in total.